The van der Waals surface area contributed by atoms with Crippen LogP contribution in [0.25, 0.3) is 0 Å². The van der Waals surface area contributed by atoms with Crippen LogP contribution in [-0.2, 0) is 9.59 Å². The van der Waals surface area contributed by atoms with E-state index in [0.29, 0.717) is 5.76 Å². The molecule has 1 aliphatic carbocycles. The number of aliphatic carboxylic acids is 1. The lowest BCUT2D eigenvalue weighted by Crippen LogP contribution is -2.37. The fourth-order valence-electron chi connectivity index (χ4n) is 4.01. The molecule has 0 spiro atoms. The molecule has 138 valence electrons. The number of amides is 1. The number of hydrogen-bond acceptors (Lipinski definition) is 3. The molecule has 1 atom stereocenters. The van der Waals surface area contributed by atoms with Gasteiger partial charge in [-0.1, -0.05) is 49.6 Å². The molecule has 1 aromatic carbocycles. The largest absolute Gasteiger partial charge is 0.481 e. The molecule has 1 saturated carbocycles. The van der Waals surface area contributed by atoms with Crippen molar-refractivity contribution in [2.24, 2.45) is 5.41 Å². The van der Waals surface area contributed by atoms with Crippen molar-refractivity contribution in [2.45, 2.75) is 51.0 Å². The van der Waals surface area contributed by atoms with Crippen LogP contribution < -0.4 is 5.32 Å². The van der Waals surface area contributed by atoms with Gasteiger partial charge >= 0.3 is 5.97 Å². The predicted molar refractivity (Wildman–Crippen MR) is 97.5 cm³/mol. The van der Waals surface area contributed by atoms with Gasteiger partial charge in [-0.2, -0.15) is 0 Å². The van der Waals surface area contributed by atoms with E-state index < -0.39 is 11.4 Å². The topological polar surface area (TPSA) is 79.5 Å². The van der Waals surface area contributed by atoms with Gasteiger partial charge in [0.15, 0.2) is 0 Å². The highest BCUT2D eigenvalue weighted by atomic mass is 16.4. The Bertz CT molecular complexity index is 718. The monoisotopic (exact) mass is 355 g/mol. The fourth-order valence-corrected chi connectivity index (χ4v) is 4.01. The second-order valence-electron chi connectivity index (χ2n) is 7.23. The standard InChI is InChI=1S/C21H25NO4/c23-18(14-21(15-19(24)25)11-5-2-6-12-21)22-20(17-10-7-13-26-17)16-8-3-1-4-9-16/h1,3-4,7-10,13,20H,2,5-6,11-12,14-15H2,(H,22,23)(H,24,25). The summed E-state index contributed by atoms with van der Waals surface area (Å²) < 4.78 is 5.52. The molecule has 5 heteroatoms. The number of carboxylic acids is 1. The number of benzene rings is 1. The number of carbonyl (C=O) groups excluding carboxylic acids is 1. The fraction of sp³-hybridized carbons (Fsp3) is 0.429. The Morgan fingerprint density at radius 1 is 1.04 bits per heavy atom. The van der Waals surface area contributed by atoms with Crippen molar-refractivity contribution >= 4 is 11.9 Å². The second-order valence-corrected chi connectivity index (χ2v) is 7.23. The van der Waals surface area contributed by atoms with E-state index in [1.165, 1.54) is 0 Å². The lowest BCUT2D eigenvalue weighted by atomic mass is 9.69. The predicted octanol–water partition coefficient (Wildman–Crippen LogP) is 4.30. The molecule has 0 bridgehead atoms. The van der Waals surface area contributed by atoms with Crippen LogP contribution in [0, 0.1) is 5.41 Å². The second kappa shape index (κ2) is 8.21. The zero-order chi connectivity index (χ0) is 18.4. The zero-order valence-electron chi connectivity index (χ0n) is 14.8. The summed E-state index contributed by atoms with van der Waals surface area (Å²) in [5.41, 5.74) is 0.505. The Labute approximate surface area is 153 Å². The van der Waals surface area contributed by atoms with Gasteiger partial charge in [-0.15, -0.1) is 0 Å². The van der Waals surface area contributed by atoms with Crippen molar-refractivity contribution in [3.8, 4) is 0 Å². The first-order valence-corrected chi connectivity index (χ1v) is 9.18. The third-order valence-corrected chi connectivity index (χ3v) is 5.24. The van der Waals surface area contributed by atoms with E-state index in [1.54, 1.807) is 12.3 Å². The van der Waals surface area contributed by atoms with E-state index in [0.717, 1.165) is 37.7 Å². The summed E-state index contributed by atoms with van der Waals surface area (Å²) in [4.78, 5) is 24.2. The molecule has 0 saturated heterocycles. The lowest BCUT2D eigenvalue weighted by Gasteiger charge is -2.36. The molecule has 1 aliphatic rings. The molecule has 1 aromatic heterocycles. The third kappa shape index (κ3) is 4.54. The minimum absolute atomic E-state index is 0.0528. The summed E-state index contributed by atoms with van der Waals surface area (Å²) in [6.45, 7) is 0. The number of carboxylic acid groups (broad SMARTS) is 1. The number of rotatable bonds is 7. The van der Waals surface area contributed by atoms with Crippen LogP contribution in [0.4, 0.5) is 0 Å². The smallest absolute Gasteiger partial charge is 0.303 e. The zero-order valence-corrected chi connectivity index (χ0v) is 14.8. The summed E-state index contributed by atoms with van der Waals surface area (Å²) in [7, 11) is 0. The maximum atomic E-state index is 12.8. The molecule has 1 unspecified atom stereocenters. The van der Waals surface area contributed by atoms with Gasteiger partial charge in [-0.3, -0.25) is 9.59 Å². The molecular weight excluding hydrogens is 330 g/mol. The number of hydrogen-bond donors (Lipinski definition) is 2. The number of furan rings is 1. The van der Waals surface area contributed by atoms with Crippen LogP contribution in [0.2, 0.25) is 0 Å². The molecule has 5 nitrogen and oxygen atoms in total. The summed E-state index contributed by atoms with van der Waals surface area (Å²) in [6, 6.07) is 12.9. The molecule has 2 N–H and O–H groups in total. The first-order chi connectivity index (χ1) is 12.6. The Balaban J connectivity index is 1.76. The Morgan fingerprint density at radius 2 is 1.77 bits per heavy atom. The average molecular weight is 355 g/mol. The van der Waals surface area contributed by atoms with E-state index in [1.807, 2.05) is 36.4 Å². The molecular formula is C21H25NO4. The quantitative estimate of drug-likeness (QED) is 0.776. The van der Waals surface area contributed by atoms with Crippen LogP contribution >= 0.6 is 0 Å². The molecule has 0 aliphatic heterocycles. The van der Waals surface area contributed by atoms with Gasteiger partial charge in [0, 0.05) is 6.42 Å². The van der Waals surface area contributed by atoms with Crippen molar-refractivity contribution in [1.82, 2.24) is 5.32 Å². The minimum Gasteiger partial charge on any atom is -0.481 e. The summed E-state index contributed by atoms with van der Waals surface area (Å²) >= 11 is 0. The maximum absolute atomic E-state index is 12.8. The van der Waals surface area contributed by atoms with Crippen LogP contribution in [0.1, 0.15) is 62.3 Å². The van der Waals surface area contributed by atoms with Crippen molar-refractivity contribution in [3.63, 3.8) is 0 Å². The first kappa shape index (κ1) is 18.2. The van der Waals surface area contributed by atoms with Gasteiger partial charge in [-0.25, -0.2) is 0 Å². The SMILES string of the molecule is O=C(O)CC1(CC(=O)NC(c2ccccc2)c2ccco2)CCCCC1. The van der Waals surface area contributed by atoms with Crippen LogP contribution in [-0.4, -0.2) is 17.0 Å². The van der Waals surface area contributed by atoms with Gasteiger partial charge in [0.25, 0.3) is 0 Å². The third-order valence-electron chi connectivity index (χ3n) is 5.24. The van der Waals surface area contributed by atoms with Gasteiger partial charge in [0.05, 0.1) is 12.7 Å². The summed E-state index contributed by atoms with van der Waals surface area (Å²) in [5, 5.41) is 12.4. The van der Waals surface area contributed by atoms with Gasteiger partial charge in [0.2, 0.25) is 5.91 Å². The molecule has 2 aromatic rings. The van der Waals surface area contributed by atoms with E-state index in [-0.39, 0.29) is 24.8 Å². The molecule has 1 heterocycles. The highest BCUT2D eigenvalue weighted by Crippen LogP contribution is 2.42. The Hall–Kier alpha value is -2.56. The number of carbonyl (C=O) groups is 2. The molecule has 1 amide bonds. The molecule has 26 heavy (non-hydrogen) atoms. The Kier molecular flexibility index (Phi) is 5.76. The van der Waals surface area contributed by atoms with Crippen LogP contribution in [0.15, 0.2) is 53.1 Å². The summed E-state index contributed by atoms with van der Waals surface area (Å²) in [6.07, 6.45) is 6.56. The minimum atomic E-state index is -0.828. The average Bonchev–Trinajstić information content (AvgIpc) is 3.14. The molecule has 0 radical (unpaired) electrons. The van der Waals surface area contributed by atoms with Gasteiger partial charge in [-0.05, 0) is 36.0 Å². The molecule has 3 rings (SSSR count). The normalized spacial score (nSPS) is 17.4. The van der Waals surface area contributed by atoms with Crippen LogP contribution in [0.5, 0.6) is 0 Å². The summed E-state index contributed by atoms with van der Waals surface area (Å²) in [5.74, 6) is -0.288. The van der Waals surface area contributed by atoms with Crippen molar-refractivity contribution in [3.05, 3.63) is 60.1 Å². The Morgan fingerprint density at radius 3 is 2.38 bits per heavy atom. The van der Waals surface area contributed by atoms with E-state index >= 15 is 0 Å². The number of nitrogens with one attached hydrogen (secondary N) is 1. The van der Waals surface area contributed by atoms with E-state index in [2.05, 4.69) is 5.32 Å². The highest BCUT2D eigenvalue weighted by Gasteiger charge is 2.37. The lowest BCUT2D eigenvalue weighted by molar-refractivity contribution is -0.141. The van der Waals surface area contributed by atoms with Crippen molar-refractivity contribution in [1.29, 1.82) is 0 Å². The first-order valence-electron chi connectivity index (χ1n) is 9.18. The van der Waals surface area contributed by atoms with E-state index in [9.17, 15) is 14.7 Å². The van der Waals surface area contributed by atoms with Gasteiger partial charge in [0.1, 0.15) is 11.8 Å². The maximum Gasteiger partial charge on any atom is 0.303 e. The van der Waals surface area contributed by atoms with Crippen molar-refractivity contribution < 1.29 is 19.1 Å². The molecule has 1 fully saturated rings. The van der Waals surface area contributed by atoms with Crippen molar-refractivity contribution in [2.75, 3.05) is 0 Å². The van der Waals surface area contributed by atoms with E-state index in [4.69, 9.17) is 4.42 Å². The highest BCUT2D eigenvalue weighted by molar-refractivity contribution is 5.79. The van der Waals surface area contributed by atoms with Gasteiger partial charge < -0.3 is 14.8 Å². The van der Waals surface area contributed by atoms with Crippen LogP contribution in [0.3, 0.4) is 0 Å².